The SMILES string of the molecule is CCCOc1ccc(-c2nc(C(=O)NC3CCNC(C)C3)cs2)cc1.Cl. The number of hydrogen-bond donors (Lipinski definition) is 2. The van der Waals surface area contributed by atoms with E-state index in [9.17, 15) is 4.79 Å². The first-order chi connectivity index (χ1) is 12.2. The average Bonchev–Trinajstić information content (AvgIpc) is 3.11. The zero-order valence-electron chi connectivity index (χ0n) is 15.2. The predicted octanol–water partition coefficient (Wildman–Crippen LogP) is 3.89. The van der Waals surface area contributed by atoms with E-state index in [1.807, 2.05) is 29.6 Å². The summed E-state index contributed by atoms with van der Waals surface area (Å²) in [6, 6.07) is 8.54. The van der Waals surface area contributed by atoms with Crippen molar-refractivity contribution in [3.8, 4) is 16.3 Å². The summed E-state index contributed by atoms with van der Waals surface area (Å²) in [5.41, 5.74) is 1.50. The van der Waals surface area contributed by atoms with Gasteiger partial charge in [0.1, 0.15) is 16.5 Å². The highest BCUT2D eigenvalue weighted by Gasteiger charge is 2.21. The van der Waals surface area contributed by atoms with Gasteiger partial charge in [-0.15, -0.1) is 23.7 Å². The van der Waals surface area contributed by atoms with Crippen molar-refractivity contribution in [2.24, 2.45) is 0 Å². The largest absolute Gasteiger partial charge is 0.494 e. The van der Waals surface area contributed by atoms with Crippen molar-refractivity contribution in [3.63, 3.8) is 0 Å². The van der Waals surface area contributed by atoms with Gasteiger partial charge in [-0.3, -0.25) is 4.79 Å². The molecule has 5 nitrogen and oxygen atoms in total. The van der Waals surface area contributed by atoms with Gasteiger partial charge in [-0.2, -0.15) is 0 Å². The molecule has 1 aromatic carbocycles. The molecule has 1 aliphatic rings. The lowest BCUT2D eigenvalue weighted by atomic mass is 10.0. The second-order valence-corrected chi connectivity index (χ2v) is 7.32. The number of carbonyl (C=O) groups is 1. The number of amides is 1. The summed E-state index contributed by atoms with van der Waals surface area (Å²) in [5.74, 6) is 0.782. The van der Waals surface area contributed by atoms with Crippen LogP contribution >= 0.6 is 23.7 Å². The molecule has 1 aromatic heterocycles. The zero-order chi connectivity index (χ0) is 17.6. The number of halogens is 1. The van der Waals surface area contributed by atoms with Gasteiger partial charge in [-0.1, -0.05) is 6.92 Å². The molecule has 1 aliphatic heterocycles. The fourth-order valence-electron chi connectivity index (χ4n) is 2.95. The Hall–Kier alpha value is -1.63. The minimum absolute atomic E-state index is 0. The summed E-state index contributed by atoms with van der Waals surface area (Å²) in [6.07, 6.45) is 2.91. The van der Waals surface area contributed by atoms with Crippen molar-refractivity contribution >= 4 is 29.7 Å². The van der Waals surface area contributed by atoms with Crippen LogP contribution in [0.15, 0.2) is 29.6 Å². The van der Waals surface area contributed by atoms with Crippen LogP contribution in [0, 0.1) is 0 Å². The predicted molar refractivity (Wildman–Crippen MR) is 109 cm³/mol. The molecular weight excluding hydrogens is 370 g/mol. The van der Waals surface area contributed by atoms with Gasteiger partial charge < -0.3 is 15.4 Å². The highest BCUT2D eigenvalue weighted by molar-refractivity contribution is 7.13. The number of thiazole rings is 1. The molecule has 1 fully saturated rings. The third-order valence-corrected chi connectivity index (χ3v) is 5.16. The number of hydrogen-bond acceptors (Lipinski definition) is 5. The first-order valence-corrected chi connectivity index (χ1v) is 9.76. The van der Waals surface area contributed by atoms with Crippen molar-refractivity contribution in [1.29, 1.82) is 0 Å². The molecule has 1 amide bonds. The van der Waals surface area contributed by atoms with Crippen molar-refractivity contribution in [1.82, 2.24) is 15.6 Å². The summed E-state index contributed by atoms with van der Waals surface area (Å²) in [6.45, 7) is 5.89. The Morgan fingerprint density at radius 1 is 1.38 bits per heavy atom. The summed E-state index contributed by atoms with van der Waals surface area (Å²) < 4.78 is 5.60. The summed E-state index contributed by atoms with van der Waals surface area (Å²) >= 11 is 1.49. The molecule has 2 N–H and O–H groups in total. The van der Waals surface area contributed by atoms with Gasteiger partial charge in [0.05, 0.1) is 6.61 Å². The third-order valence-electron chi connectivity index (χ3n) is 4.27. The number of ether oxygens (including phenoxy) is 1. The van der Waals surface area contributed by atoms with Crippen molar-refractivity contribution < 1.29 is 9.53 Å². The molecule has 142 valence electrons. The number of carbonyl (C=O) groups excluding carboxylic acids is 1. The Morgan fingerprint density at radius 3 is 2.85 bits per heavy atom. The van der Waals surface area contributed by atoms with E-state index in [1.165, 1.54) is 11.3 Å². The topological polar surface area (TPSA) is 63.2 Å². The van der Waals surface area contributed by atoms with Gasteiger partial charge in [-0.25, -0.2) is 4.98 Å². The van der Waals surface area contributed by atoms with Crippen LogP contribution in [0.4, 0.5) is 0 Å². The van der Waals surface area contributed by atoms with Crippen LogP contribution in [0.5, 0.6) is 5.75 Å². The molecule has 1 saturated heterocycles. The highest BCUT2D eigenvalue weighted by Crippen LogP contribution is 2.26. The molecule has 2 atom stereocenters. The Kier molecular flexibility index (Phi) is 7.87. The molecular formula is C19H26ClN3O2S. The van der Waals surface area contributed by atoms with E-state index in [0.717, 1.165) is 48.7 Å². The summed E-state index contributed by atoms with van der Waals surface area (Å²) in [4.78, 5) is 16.9. The fourth-order valence-corrected chi connectivity index (χ4v) is 3.75. The zero-order valence-corrected chi connectivity index (χ0v) is 16.8. The van der Waals surface area contributed by atoms with Gasteiger partial charge in [0.2, 0.25) is 0 Å². The van der Waals surface area contributed by atoms with E-state index in [1.54, 1.807) is 0 Å². The molecule has 7 heteroatoms. The maximum atomic E-state index is 12.4. The van der Waals surface area contributed by atoms with E-state index in [0.29, 0.717) is 11.7 Å². The molecule has 3 rings (SSSR count). The quantitative estimate of drug-likeness (QED) is 0.778. The third kappa shape index (κ3) is 5.43. The molecule has 26 heavy (non-hydrogen) atoms. The molecule has 0 spiro atoms. The Morgan fingerprint density at radius 2 is 2.15 bits per heavy atom. The monoisotopic (exact) mass is 395 g/mol. The summed E-state index contributed by atoms with van der Waals surface area (Å²) in [7, 11) is 0. The van der Waals surface area contributed by atoms with E-state index in [4.69, 9.17) is 4.74 Å². The standard InChI is InChI=1S/C19H25N3O2S.ClH/c1-3-10-24-16-6-4-14(5-7-16)19-22-17(12-25-19)18(23)21-15-8-9-20-13(2)11-15;/h4-7,12-13,15,20H,3,8-11H2,1-2H3,(H,21,23);1H. The molecule has 2 aromatic rings. The minimum atomic E-state index is -0.0792. The number of nitrogens with zero attached hydrogens (tertiary/aromatic N) is 1. The molecule has 0 saturated carbocycles. The lowest BCUT2D eigenvalue weighted by Gasteiger charge is -2.28. The Balaban J connectivity index is 0.00000243. The molecule has 2 unspecified atom stereocenters. The number of piperidine rings is 1. The molecule has 0 aliphatic carbocycles. The average molecular weight is 396 g/mol. The maximum absolute atomic E-state index is 12.4. The first-order valence-electron chi connectivity index (χ1n) is 8.88. The first kappa shape index (κ1) is 20.7. The molecule has 2 heterocycles. The van der Waals surface area contributed by atoms with Gasteiger partial charge in [0.15, 0.2) is 0 Å². The number of benzene rings is 1. The van der Waals surface area contributed by atoms with Crippen LogP contribution in [-0.4, -0.2) is 36.1 Å². The van der Waals surface area contributed by atoms with Crippen molar-refractivity contribution in [2.45, 2.75) is 45.2 Å². The van der Waals surface area contributed by atoms with Crippen LogP contribution in [-0.2, 0) is 0 Å². The van der Waals surface area contributed by atoms with Crippen molar-refractivity contribution in [3.05, 3.63) is 35.3 Å². The van der Waals surface area contributed by atoms with Crippen LogP contribution in [0.1, 0.15) is 43.6 Å². The highest BCUT2D eigenvalue weighted by atomic mass is 35.5. The van der Waals surface area contributed by atoms with Crippen molar-refractivity contribution in [2.75, 3.05) is 13.2 Å². The lowest BCUT2D eigenvalue weighted by Crippen LogP contribution is -2.46. The van der Waals surface area contributed by atoms with Gasteiger partial charge in [-0.05, 0) is 57.0 Å². The van der Waals surface area contributed by atoms with Gasteiger partial charge in [0, 0.05) is 23.0 Å². The van der Waals surface area contributed by atoms with E-state index in [-0.39, 0.29) is 24.4 Å². The summed E-state index contributed by atoms with van der Waals surface area (Å²) in [5, 5.41) is 9.18. The second-order valence-electron chi connectivity index (χ2n) is 6.46. The molecule has 0 radical (unpaired) electrons. The number of nitrogens with one attached hydrogen (secondary N) is 2. The Bertz CT molecular complexity index is 705. The van der Waals surface area contributed by atoms with Gasteiger partial charge >= 0.3 is 0 Å². The second kappa shape index (κ2) is 9.90. The van der Waals surface area contributed by atoms with Gasteiger partial charge in [0.25, 0.3) is 5.91 Å². The van der Waals surface area contributed by atoms with Crippen LogP contribution in [0.3, 0.4) is 0 Å². The lowest BCUT2D eigenvalue weighted by molar-refractivity contribution is 0.0921. The number of aromatic nitrogens is 1. The smallest absolute Gasteiger partial charge is 0.270 e. The van der Waals surface area contributed by atoms with E-state index in [2.05, 4.69) is 29.5 Å². The molecule has 0 bridgehead atoms. The van der Waals surface area contributed by atoms with E-state index >= 15 is 0 Å². The minimum Gasteiger partial charge on any atom is -0.494 e. The number of rotatable bonds is 6. The van der Waals surface area contributed by atoms with E-state index < -0.39 is 0 Å². The van der Waals surface area contributed by atoms with Crippen LogP contribution in [0.25, 0.3) is 10.6 Å². The Labute approximate surface area is 165 Å². The maximum Gasteiger partial charge on any atom is 0.270 e. The normalized spacial score (nSPS) is 19.5. The van der Waals surface area contributed by atoms with Crippen LogP contribution < -0.4 is 15.4 Å². The fraction of sp³-hybridized carbons (Fsp3) is 0.474. The van der Waals surface area contributed by atoms with Crippen LogP contribution in [0.2, 0.25) is 0 Å².